The summed E-state index contributed by atoms with van der Waals surface area (Å²) in [5.41, 5.74) is 0.320. The third-order valence-electron chi connectivity index (χ3n) is 4.92. The van der Waals surface area contributed by atoms with Gasteiger partial charge >= 0.3 is 0 Å². The van der Waals surface area contributed by atoms with Crippen LogP contribution in [0.25, 0.3) is 0 Å². The van der Waals surface area contributed by atoms with Crippen molar-refractivity contribution in [2.24, 2.45) is 0 Å². The van der Waals surface area contributed by atoms with Crippen LogP contribution in [0.15, 0.2) is 40.6 Å². The minimum absolute atomic E-state index is 0.0338. The van der Waals surface area contributed by atoms with E-state index in [-0.39, 0.29) is 16.6 Å². The fourth-order valence-electron chi connectivity index (χ4n) is 3.60. The molecule has 1 aromatic carbocycles. The molecule has 0 N–H and O–H groups in total. The summed E-state index contributed by atoms with van der Waals surface area (Å²) in [6.07, 6.45) is 1.87. The van der Waals surface area contributed by atoms with Crippen molar-refractivity contribution in [2.45, 2.75) is 37.6 Å². The Morgan fingerprint density at radius 3 is 2.63 bits per heavy atom. The third-order valence-corrected chi connectivity index (χ3v) is 7.94. The average Bonchev–Trinajstić information content (AvgIpc) is 3.33. The maximum absolute atomic E-state index is 12.7. The van der Waals surface area contributed by atoms with Gasteiger partial charge in [0.2, 0.25) is 10.0 Å². The van der Waals surface area contributed by atoms with E-state index in [2.05, 4.69) is 0 Å². The highest BCUT2D eigenvalue weighted by Crippen LogP contribution is 2.42. The van der Waals surface area contributed by atoms with Crippen LogP contribution in [0.5, 0.6) is 0 Å². The topological polar surface area (TPSA) is 83.8 Å². The van der Waals surface area contributed by atoms with Gasteiger partial charge in [-0.3, -0.25) is 10.1 Å². The summed E-state index contributed by atoms with van der Waals surface area (Å²) >= 11 is 1.64. The van der Waals surface area contributed by atoms with Crippen molar-refractivity contribution in [1.29, 1.82) is 0 Å². The van der Waals surface area contributed by atoms with Gasteiger partial charge in [-0.2, -0.15) is 4.31 Å². The van der Waals surface area contributed by atoms with E-state index in [4.69, 9.17) is 0 Å². The second kappa shape index (κ2) is 7.95. The average molecular weight is 410 g/mol. The van der Waals surface area contributed by atoms with E-state index in [1.807, 2.05) is 22.4 Å². The summed E-state index contributed by atoms with van der Waals surface area (Å²) in [7, 11) is -3.74. The molecule has 3 rings (SSSR count). The molecule has 1 saturated heterocycles. The fraction of sp³-hybridized carbons (Fsp3) is 0.444. The molecule has 1 atom stereocenters. The van der Waals surface area contributed by atoms with Gasteiger partial charge in [-0.25, -0.2) is 8.42 Å². The number of rotatable bonds is 7. The standard InChI is InChI=1S/C18H23N3O4S2/c1-3-19(4-2)27(24,25)14-9-10-15(17(13-14)21(22)23)20-11-5-7-16(20)18-8-6-12-26-18/h6,8-10,12-13,16H,3-5,7,11H2,1-2H3/t16-/m1/s1. The Hall–Kier alpha value is -1.97. The van der Waals surface area contributed by atoms with Gasteiger partial charge in [0.25, 0.3) is 5.69 Å². The minimum atomic E-state index is -3.74. The number of benzene rings is 1. The lowest BCUT2D eigenvalue weighted by molar-refractivity contribution is -0.384. The molecule has 0 spiro atoms. The van der Waals surface area contributed by atoms with E-state index in [1.54, 1.807) is 31.3 Å². The summed E-state index contributed by atoms with van der Waals surface area (Å²) in [5, 5.41) is 13.7. The number of hydrogen-bond donors (Lipinski definition) is 0. The summed E-state index contributed by atoms with van der Waals surface area (Å²) in [6, 6.07) is 8.38. The van der Waals surface area contributed by atoms with Crippen molar-refractivity contribution in [3.63, 3.8) is 0 Å². The monoisotopic (exact) mass is 409 g/mol. The molecule has 9 heteroatoms. The second-order valence-electron chi connectivity index (χ2n) is 6.36. The van der Waals surface area contributed by atoms with Gasteiger partial charge in [0, 0.05) is 30.6 Å². The molecule has 2 heterocycles. The Morgan fingerprint density at radius 1 is 1.30 bits per heavy atom. The molecular formula is C18H23N3O4S2. The van der Waals surface area contributed by atoms with Crippen molar-refractivity contribution in [3.8, 4) is 0 Å². The molecule has 0 aliphatic carbocycles. The smallest absolute Gasteiger partial charge is 0.293 e. The van der Waals surface area contributed by atoms with Crippen LogP contribution in [-0.4, -0.2) is 37.3 Å². The van der Waals surface area contributed by atoms with Gasteiger partial charge in [-0.15, -0.1) is 11.3 Å². The first-order valence-corrected chi connectivity index (χ1v) is 11.3. The molecule has 0 radical (unpaired) electrons. The first-order valence-electron chi connectivity index (χ1n) is 8.98. The van der Waals surface area contributed by atoms with Crippen molar-refractivity contribution in [3.05, 3.63) is 50.7 Å². The van der Waals surface area contributed by atoms with E-state index >= 15 is 0 Å². The number of nitrogens with zero attached hydrogens (tertiary/aromatic N) is 3. The fourth-order valence-corrected chi connectivity index (χ4v) is 5.95. The molecule has 1 aliphatic rings. The number of nitro groups is 1. The Bertz CT molecular complexity index is 909. The van der Waals surface area contributed by atoms with Crippen molar-refractivity contribution in [1.82, 2.24) is 4.31 Å². The van der Waals surface area contributed by atoms with E-state index in [0.29, 0.717) is 25.3 Å². The van der Waals surface area contributed by atoms with Gasteiger partial charge in [0.15, 0.2) is 0 Å². The maximum atomic E-state index is 12.7. The quantitative estimate of drug-likeness (QED) is 0.509. The molecule has 27 heavy (non-hydrogen) atoms. The molecule has 146 valence electrons. The van der Waals surface area contributed by atoms with Gasteiger partial charge in [0.05, 0.1) is 15.9 Å². The van der Waals surface area contributed by atoms with Crippen LogP contribution in [0.4, 0.5) is 11.4 Å². The predicted molar refractivity (Wildman–Crippen MR) is 107 cm³/mol. The van der Waals surface area contributed by atoms with Crippen LogP contribution >= 0.6 is 11.3 Å². The first-order chi connectivity index (χ1) is 12.9. The van der Waals surface area contributed by atoms with Gasteiger partial charge in [-0.1, -0.05) is 19.9 Å². The normalized spacial score (nSPS) is 17.6. The lowest BCUT2D eigenvalue weighted by Gasteiger charge is -2.26. The Labute approximate surface area is 163 Å². The first kappa shape index (κ1) is 19.8. The molecule has 0 saturated carbocycles. The summed E-state index contributed by atoms with van der Waals surface area (Å²) in [5.74, 6) is 0. The Balaban J connectivity index is 2.04. The van der Waals surface area contributed by atoms with Crippen molar-refractivity contribution < 1.29 is 13.3 Å². The highest BCUT2D eigenvalue weighted by Gasteiger charge is 2.33. The van der Waals surface area contributed by atoms with Crippen LogP contribution in [0.2, 0.25) is 0 Å². The van der Waals surface area contributed by atoms with E-state index in [1.165, 1.54) is 21.3 Å². The third kappa shape index (κ3) is 3.71. The highest BCUT2D eigenvalue weighted by molar-refractivity contribution is 7.89. The van der Waals surface area contributed by atoms with Crippen LogP contribution in [0.3, 0.4) is 0 Å². The number of anilines is 1. The van der Waals surface area contributed by atoms with E-state index in [0.717, 1.165) is 12.8 Å². The van der Waals surface area contributed by atoms with Crippen LogP contribution in [0.1, 0.15) is 37.6 Å². The van der Waals surface area contributed by atoms with Gasteiger partial charge in [0.1, 0.15) is 5.69 Å². The van der Waals surface area contributed by atoms with Crippen LogP contribution in [0, 0.1) is 10.1 Å². The molecule has 1 aromatic heterocycles. The van der Waals surface area contributed by atoms with Crippen LogP contribution in [-0.2, 0) is 10.0 Å². The number of nitro benzene ring substituents is 1. The summed E-state index contributed by atoms with van der Waals surface area (Å²) in [4.78, 5) is 14.4. The number of hydrogen-bond acceptors (Lipinski definition) is 6. The van der Waals surface area contributed by atoms with Crippen molar-refractivity contribution >= 4 is 32.7 Å². The largest absolute Gasteiger partial charge is 0.358 e. The molecule has 0 bridgehead atoms. The second-order valence-corrected chi connectivity index (χ2v) is 9.28. The molecule has 1 aliphatic heterocycles. The summed E-state index contributed by atoms with van der Waals surface area (Å²) < 4.78 is 26.8. The molecule has 0 unspecified atom stereocenters. The molecular weight excluding hydrogens is 386 g/mol. The van der Waals surface area contributed by atoms with Gasteiger partial charge < -0.3 is 4.90 Å². The zero-order valence-corrected chi connectivity index (χ0v) is 17.0. The van der Waals surface area contributed by atoms with Gasteiger partial charge in [-0.05, 0) is 36.4 Å². The van der Waals surface area contributed by atoms with Crippen molar-refractivity contribution in [2.75, 3.05) is 24.5 Å². The zero-order valence-electron chi connectivity index (χ0n) is 15.4. The molecule has 1 fully saturated rings. The lowest BCUT2D eigenvalue weighted by atomic mass is 10.1. The number of sulfonamides is 1. The zero-order chi connectivity index (χ0) is 19.6. The van der Waals surface area contributed by atoms with E-state index in [9.17, 15) is 18.5 Å². The minimum Gasteiger partial charge on any atom is -0.358 e. The SMILES string of the molecule is CCN(CC)S(=O)(=O)c1ccc(N2CCC[C@@H]2c2cccs2)c([N+](=O)[O-])c1. The lowest BCUT2D eigenvalue weighted by Crippen LogP contribution is -2.30. The Morgan fingerprint density at radius 2 is 2.04 bits per heavy atom. The van der Waals surface area contributed by atoms with Crippen LogP contribution < -0.4 is 4.90 Å². The predicted octanol–water partition coefficient (Wildman–Crippen LogP) is 4.03. The molecule has 7 nitrogen and oxygen atoms in total. The summed E-state index contributed by atoms with van der Waals surface area (Å²) in [6.45, 7) is 4.85. The van der Waals surface area contributed by atoms with E-state index < -0.39 is 14.9 Å². The maximum Gasteiger partial charge on any atom is 0.293 e. The number of thiophene rings is 1. The molecule has 0 amide bonds. The molecule has 2 aromatic rings. The Kier molecular flexibility index (Phi) is 5.83. The highest BCUT2D eigenvalue weighted by atomic mass is 32.2.